The maximum atomic E-state index is 13.1. The number of nitrogens with two attached hydrogens (primary N) is 1. The first-order valence-corrected chi connectivity index (χ1v) is 11.7. The standard InChI is InChI=1S/C24H28N6O6/c1-23(34)12-24(36-10-17(23)30-14-28-19-20(25)26-13-27-21(19)30)5-7-29(8-6-24)22(33)15-3-2-4-16(9-15)35-11-18(31)32/h2-4,9,13-14,17,34H,5-8,10-12H2,1H3,(H,31,32)(H2,25,26,27)/t17-,23-/m1/s1. The van der Waals surface area contributed by atoms with Crippen LogP contribution in [-0.4, -0.2) is 84.0 Å². The molecule has 5 rings (SSSR count). The van der Waals surface area contributed by atoms with E-state index in [1.54, 1.807) is 47.0 Å². The Balaban J connectivity index is 1.25. The normalized spacial score (nSPS) is 23.6. The third-order valence-electron chi connectivity index (χ3n) is 7.07. The van der Waals surface area contributed by atoms with Crippen LogP contribution in [0.1, 0.15) is 42.6 Å². The number of hydrogen-bond donors (Lipinski definition) is 3. The average molecular weight is 497 g/mol. The van der Waals surface area contributed by atoms with Crippen LogP contribution in [0.4, 0.5) is 5.82 Å². The summed E-state index contributed by atoms with van der Waals surface area (Å²) in [6.07, 6.45) is 4.53. The zero-order chi connectivity index (χ0) is 25.5. The third kappa shape index (κ3) is 4.44. The molecule has 0 saturated carbocycles. The van der Waals surface area contributed by atoms with Crippen molar-refractivity contribution in [1.82, 2.24) is 24.4 Å². The third-order valence-corrected chi connectivity index (χ3v) is 7.07. The minimum atomic E-state index is -1.10. The molecule has 1 aromatic carbocycles. The Morgan fingerprint density at radius 2 is 2.03 bits per heavy atom. The second-order valence-corrected chi connectivity index (χ2v) is 9.63. The Morgan fingerprint density at radius 3 is 2.75 bits per heavy atom. The average Bonchev–Trinajstić information content (AvgIpc) is 3.27. The van der Waals surface area contributed by atoms with Crippen LogP contribution in [0.3, 0.4) is 0 Å². The Bertz CT molecular complexity index is 1300. The molecule has 3 aromatic rings. The van der Waals surface area contributed by atoms with Gasteiger partial charge < -0.3 is 34.9 Å². The molecule has 12 nitrogen and oxygen atoms in total. The van der Waals surface area contributed by atoms with Gasteiger partial charge in [0.2, 0.25) is 0 Å². The van der Waals surface area contributed by atoms with Crippen molar-refractivity contribution in [3.05, 3.63) is 42.5 Å². The molecule has 1 amide bonds. The van der Waals surface area contributed by atoms with Gasteiger partial charge in [0.25, 0.3) is 5.91 Å². The number of aliphatic carboxylic acids is 1. The van der Waals surface area contributed by atoms with E-state index in [1.807, 2.05) is 0 Å². The minimum absolute atomic E-state index is 0.159. The number of carboxylic acid groups (broad SMARTS) is 1. The van der Waals surface area contributed by atoms with E-state index < -0.39 is 29.8 Å². The van der Waals surface area contributed by atoms with Gasteiger partial charge >= 0.3 is 5.97 Å². The Kier molecular flexibility index (Phi) is 6.00. The van der Waals surface area contributed by atoms with Crippen molar-refractivity contribution in [2.75, 3.05) is 32.0 Å². The van der Waals surface area contributed by atoms with E-state index in [0.717, 1.165) is 0 Å². The highest BCUT2D eigenvalue weighted by Crippen LogP contribution is 2.44. The van der Waals surface area contributed by atoms with Crippen LogP contribution in [-0.2, 0) is 9.53 Å². The van der Waals surface area contributed by atoms with Gasteiger partial charge in [0, 0.05) is 25.1 Å². The molecule has 2 saturated heterocycles. The number of carbonyl (C=O) groups is 2. The molecule has 2 aliphatic heterocycles. The minimum Gasteiger partial charge on any atom is -0.482 e. The zero-order valence-electron chi connectivity index (χ0n) is 19.8. The molecule has 2 aliphatic rings. The topological polar surface area (TPSA) is 166 Å². The molecule has 36 heavy (non-hydrogen) atoms. The highest BCUT2D eigenvalue weighted by molar-refractivity contribution is 5.94. The number of anilines is 1. The number of imidazole rings is 1. The number of ether oxygens (including phenoxy) is 2. The lowest BCUT2D eigenvalue weighted by Gasteiger charge is -2.51. The predicted octanol–water partition coefficient (Wildman–Crippen LogP) is 1.26. The molecule has 4 N–H and O–H groups in total. The maximum Gasteiger partial charge on any atom is 0.341 e. The van der Waals surface area contributed by atoms with E-state index in [1.165, 1.54) is 6.33 Å². The molecule has 2 aromatic heterocycles. The number of likely N-dealkylation sites (tertiary alicyclic amines) is 1. The summed E-state index contributed by atoms with van der Waals surface area (Å²) < 4.78 is 13.4. The number of hydrogen-bond acceptors (Lipinski definition) is 9. The van der Waals surface area contributed by atoms with Crippen LogP contribution in [0, 0.1) is 0 Å². The summed E-state index contributed by atoms with van der Waals surface area (Å²) in [5, 5.41) is 20.3. The van der Waals surface area contributed by atoms with Gasteiger partial charge in [-0.25, -0.2) is 19.7 Å². The lowest BCUT2D eigenvalue weighted by atomic mass is 9.75. The molecule has 0 radical (unpaired) electrons. The lowest BCUT2D eigenvalue weighted by Crippen LogP contribution is -2.57. The fourth-order valence-corrected chi connectivity index (χ4v) is 5.22. The van der Waals surface area contributed by atoms with Gasteiger partial charge in [-0.2, -0.15) is 0 Å². The number of aliphatic hydroxyl groups is 1. The van der Waals surface area contributed by atoms with Crippen molar-refractivity contribution in [3.63, 3.8) is 0 Å². The van der Waals surface area contributed by atoms with Crippen molar-refractivity contribution in [3.8, 4) is 5.75 Å². The highest BCUT2D eigenvalue weighted by atomic mass is 16.5. The fourth-order valence-electron chi connectivity index (χ4n) is 5.22. The first-order chi connectivity index (χ1) is 17.2. The van der Waals surface area contributed by atoms with Gasteiger partial charge in [-0.05, 0) is 38.0 Å². The lowest BCUT2D eigenvalue weighted by molar-refractivity contribution is -0.194. The molecule has 2 fully saturated rings. The van der Waals surface area contributed by atoms with Gasteiger partial charge in [0.05, 0.1) is 30.2 Å². The van der Waals surface area contributed by atoms with Gasteiger partial charge in [-0.15, -0.1) is 0 Å². The summed E-state index contributed by atoms with van der Waals surface area (Å²) in [6, 6.07) is 6.10. The van der Waals surface area contributed by atoms with Crippen molar-refractivity contribution >= 4 is 28.9 Å². The van der Waals surface area contributed by atoms with Crippen LogP contribution in [0.5, 0.6) is 5.75 Å². The molecular formula is C24H28N6O6. The van der Waals surface area contributed by atoms with Crippen LogP contribution in [0.15, 0.2) is 36.9 Å². The Morgan fingerprint density at radius 1 is 1.25 bits per heavy atom. The number of benzene rings is 1. The number of carboxylic acids is 1. The van der Waals surface area contributed by atoms with Crippen molar-refractivity contribution < 1.29 is 29.3 Å². The number of nitrogens with zero attached hydrogens (tertiary/aromatic N) is 5. The Labute approximate surface area is 206 Å². The summed E-state index contributed by atoms with van der Waals surface area (Å²) in [5.74, 6) is -0.637. The molecule has 0 bridgehead atoms. The monoisotopic (exact) mass is 496 g/mol. The molecule has 2 atom stereocenters. The van der Waals surface area contributed by atoms with E-state index >= 15 is 0 Å². The fraction of sp³-hybridized carbons (Fsp3) is 0.458. The molecule has 12 heteroatoms. The van der Waals surface area contributed by atoms with Gasteiger partial charge in [0.1, 0.15) is 17.6 Å². The predicted molar refractivity (Wildman–Crippen MR) is 127 cm³/mol. The highest BCUT2D eigenvalue weighted by Gasteiger charge is 2.50. The summed E-state index contributed by atoms with van der Waals surface area (Å²) >= 11 is 0. The molecular weight excluding hydrogens is 468 g/mol. The van der Waals surface area contributed by atoms with Crippen LogP contribution >= 0.6 is 0 Å². The largest absolute Gasteiger partial charge is 0.482 e. The number of carbonyl (C=O) groups excluding carboxylic acids is 1. The first kappa shape index (κ1) is 23.9. The number of fused-ring (bicyclic) bond motifs is 1. The van der Waals surface area contributed by atoms with E-state index in [-0.39, 0.29) is 18.3 Å². The van der Waals surface area contributed by atoms with Crippen molar-refractivity contribution in [1.29, 1.82) is 0 Å². The van der Waals surface area contributed by atoms with Gasteiger partial charge in [-0.1, -0.05) is 6.07 Å². The van der Waals surface area contributed by atoms with Crippen LogP contribution in [0.2, 0.25) is 0 Å². The van der Waals surface area contributed by atoms with Crippen LogP contribution in [0.25, 0.3) is 11.2 Å². The van der Waals surface area contributed by atoms with E-state index in [2.05, 4.69) is 15.0 Å². The number of amides is 1. The molecule has 190 valence electrons. The molecule has 0 aliphatic carbocycles. The molecule has 1 spiro atoms. The molecule has 0 unspecified atom stereocenters. The number of nitrogen functional groups attached to an aromatic ring is 1. The summed E-state index contributed by atoms with van der Waals surface area (Å²) in [5.41, 5.74) is 5.72. The van der Waals surface area contributed by atoms with Gasteiger partial charge in [0.15, 0.2) is 18.1 Å². The number of rotatable bonds is 5. The van der Waals surface area contributed by atoms with Gasteiger partial charge in [-0.3, -0.25) is 4.79 Å². The summed E-state index contributed by atoms with van der Waals surface area (Å²) in [7, 11) is 0. The number of aromatic nitrogens is 4. The first-order valence-electron chi connectivity index (χ1n) is 11.7. The van der Waals surface area contributed by atoms with E-state index in [0.29, 0.717) is 54.8 Å². The maximum absolute atomic E-state index is 13.1. The summed E-state index contributed by atoms with van der Waals surface area (Å²) in [4.78, 5) is 38.1. The Hall–Kier alpha value is -3.77. The van der Waals surface area contributed by atoms with Crippen molar-refractivity contribution in [2.45, 2.75) is 43.4 Å². The summed E-state index contributed by atoms with van der Waals surface area (Å²) in [6.45, 7) is 2.52. The number of piperidine rings is 1. The SMILES string of the molecule is C[C@@]1(O)CC2(CCN(C(=O)c3cccc(OCC(=O)O)c3)CC2)OC[C@H]1n1cnc2c(N)ncnc21. The zero-order valence-corrected chi connectivity index (χ0v) is 19.8. The second-order valence-electron chi connectivity index (χ2n) is 9.63. The van der Waals surface area contributed by atoms with Crippen molar-refractivity contribution in [2.24, 2.45) is 0 Å². The smallest absolute Gasteiger partial charge is 0.341 e. The van der Waals surface area contributed by atoms with E-state index in [4.69, 9.17) is 20.3 Å². The van der Waals surface area contributed by atoms with Crippen LogP contribution < -0.4 is 10.5 Å². The van der Waals surface area contributed by atoms with E-state index in [9.17, 15) is 14.7 Å². The molecule has 4 heterocycles. The second kappa shape index (κ2) is 9.03. The quantitative estimate of drug-likeness (QED) is 0.468.